The molecule has 1 aromatic carbocycles. The molecule has 2 rings (SSSR count). The second kappa shape index (κ2) is 3.86. The van der Waals surface area contributed by atoms with E-state index in [1.54, 1.807) is 0 Å². The van der Waals surface area contributed by atoms with Crippen molar-refractivity contribution in [1.82, 2.24) is 0 Å². The molecule has 80 valence electrons. The van der Waals surface area contributed by atoms with Crippen molar-refractivity contribution in [2.24, 2.45) is 0 Å². The van der Waals surface area contributed by atoms with Gasteiger partial charge in [-0.25, -0.2) is 0 Å². The van der Waals surface area contributed by atoms with Gasteiger partial charge >= 0.3 is 5.97 Å². The second-order valence-electron chi connectivity index (χ2n) is 3.78. The second-order valence-corrected chi connectivity index (χ2v) is 4.19. The molecule has 15 heavy (non-hydrogen) atoms. The van der Waals surface area contributed by atoms with E-state index in [0.29, 0.717) is 11.6 Å². The third-order valence-electron chi connectivity index (χ3n) is 2.81. The van der Waals surface area contributed by atoms with E-state index in [1.807, 2.05) is 31.2 Å². The zero-order valence-corrected chi connectivity index (χ0v) is 9.38. The van der Waals surface area contributed by atoms with Gasteiger partial charge in [0.2, 0.25) is 0 Å². The third-order valence-corrected chi connectivity index (χ3v) is 3.14. The number of hydrogen-bond donors (Lipinski definition) is 0. The Labute approximate surface area is 94.2 Å². The molecule has 0 spiro atoms. The molecule has 1 saturated carbocycles. The van der Waals surface area contributed by atoms with Crippen molar-refractivity contribution in [2.75, 3.05) is 6.61 Å². The number of halogens is 1. The highest BCUT2D eigenvalue weighted by molar-refractivity contribution is 6.31. The minimum atomic E-state index is -0.450. The maximum absolute atomic E-state index is 11.8. The van der Waals surface area contributed by atoms with Gasteiger partial charge in [-0.1, -0.05) is 29.8 Å². The Bertz CT molecular complexity index is 383. The molecule has 2 nitrogen and oxygen atoms in total. The molecule has 0 bridgehead atoms. The lowest BCUT2D eigenvalue weighted by atomic mass is 9.96. The van der Waals surface area contributed by atoms with Crippen LogP contribution < -0.4 is 0 Å². The SMILES string of the molecule is CCOC(=O)C1(c2ccccc2Cl)CC1. The maximum atomic E-state index is 11.8. The summed E-state index contributed by atoms with van der Waals surface area (Å²) in [4.78, 5) is 11.8. The lowest BCUT2D eigenvalue weighted by Gasteiger charge is -2.15. The summed E-state index contributed by atoms with van der Waals surface area (Å²) in [7, 11) is 0. The molecular weight excluding hydrogens is 212 g/mol. The van der Waals surface area contributed by atoms with Crippen LogP contribution in [0.1, 0.15) is 25.3 Å². The van der Waals surface area contributed by atoms with E-state index in [1.165, 1.54) is 0 Å². The van der Waals surface area contributed by atoms with Crippen LogP contribution in [0.25, 0.3) is 0 Å². The zero-order valence-electron chi connectivity index (χ0n) is 8.63. The van der Waals surface area contributed by atoms with Gasteiger partial charge in [0.25, 0.3) is 0 Å². The first kappa shape index (κ1) is 10.5. The van der Waals surface area contributed by atoms with E-state index in [9.17, 15) is 4.79 Å². The van der Waals surface area contributed by atoms with Gasteiger partial charge in [0.1, 0.15) is 0 Å². The molecule has 1 aliphatic carbocycles. The smallest absolute Gasteiger partial charge is 0.316 e. The quantitative estimate of drug-likeness (QED) is 0.738. The highest BCUT2D eigenvalue weighted by atomic mass is 35.5. The predicted molar refractivity (Wildman–Crippen MR) is 59.0 cm³/mol. The van der Waals surface area contributed by atoms with Crippen molar-refractivity contribution >= 4 is 17.6 Å². The molecule has 0 N–H and O–H groups in total. The maximum Gasteiger partial charge on any atom is 0.316 e. The first-order chi connectivity index (χ1) is 7.20. The first-order valence-corrected chi connectivity index (χ1v) is 5.51. The molecule has 0 amide bonds. The zero-order chi connectivity index (χ0) is 10.9. The molecule has 0 aliphatic heterocycles. The molecule has 0 atom stereocenters. The van der Waals surface area contributed by atoms with Gasteiger partial charge in [-0.2, -0.15) is 0 Å². The fraction of sp³-hybridized carbons (Fsp3) is 0.417. The van der Waals surface area contributed by atoms with Crippen molar-refractivity contribution in [1.29, 1.82) is 0 Å². The Hall–Kier alpha value is -1.02. The standard InChI is InChI=1S/C12H13ClO2/c1-2-15-11(14)12(7-8-12)9-5-3-4-6-10(9)13/h3-6H,2,7-8H2,1H3. The highest BCUT2D eigenvalue weighted by Gasteiger charge is 2.53. The summed E-state index contributed by atoms with van der Waals surface area (Å²) in [5, 5.41) is 0.656. The van der Waals surface area contributed by atoms with Gasteiger partial charge in [0, 0.05) is 5.02 Å². The van der Waals surface area contributed by atoms with Crippen LogP contribution in [-0.4, -0.2) is 12.6 Å². The Balaban J connectivity index is 2.31. The summed E-state index contributed by atoms with van der Waals surface area (Å²) in [6.07, 6.45) is 1.69. The van der Waals surface area contributed by atoms with Crippen molar-refractivity contribution in [3.63, 3.8) is 0 Å². The number of hydrogen-bond acceptors (Lipinski definition) is 2. The summed E-state index contributed by atoms with van der Waals surface area (Å²) in [5.74, 6) is -0.141. The summed E-state index contributed by atoms with van der Waals surface area (Å²) >= 11 is 6.09. The molecule has 3 heteroatoms. The van der Waals surface area contributed by atoms with Gasteiger partial charge in [-0.05, 0) is 31.4 Å². The average Bonchev–Trinajstić information content (AvgIpc) is 3.00. The van der Waals surface area contributed by atoms with Gasteiger partial charge in [-0.3, -0.25) is 4.79 Å². The van der Waals surface area contributed by atoms with E-state index in [0.717, 1.165) is 18.4 Å². The summed E-state index contributed by atoms with van der Waals surface area (Å²) in [6.45, 7) is 2.24. The van der Waals surface area contributed by atoms with E-state index in [2.05, 4.69) is 0 Å². The molecular formula is C12H13ClO2. The van der Waals surface area contributed by atoms with Gasteiger partial charge in [0.05, 0.1) is 12.0 Å². The third kappa shape index (κ3) is 1.74. The number of carbonyl (C=O) groups excluding carboxylic acids is 1. The Morgan fingerprint density at radius 1 is 1.47 bits per heavy atom. The van der Waals surface area contributed by atoms with Crippen LogP contribution >= 0.6 is 11.6 Å². The summed E-state index contributed by atoms with van der Waals surface area (Å²) in [5.41, 5.74) is 0.457. The molecule has 0 aromatic heterocycles. The van der Waals surface area contributed by atoms with Crippen LogP contribution in [0.15, 0.2) is 24.3 Å². The highest BCUT2D eigenvalue weighted by Crippen LogP contribution is 2.51. The Kier molecular flexibility index (Phi) is 2.70. The minimum Gasteiger partial charge on any atom is -0.465 e. The average molecular weight is 225 g/mol. The van der Waals surface area contributed by atoms with Crippen LogP contribution in [0.4, 0.5) is 0 Å². The number of ether oxygens (including phenoxy) is 1. The van der Waals surface area contributed by atoms with Gasteiger partial charge in [0.15, 0.2) is 0 Å². The lowest BCUT2D eigenvalue weighted by Crippen LogP contribution is -2.23. The summed E-state index contributed by atoms with van der Waals surface area (Å²) in [6, 6.07) is 7.50. The van der Waals surface area contributed by atoms with Crippen molar-refractivity contribution < 1.29 is 9.53 Å². The van der Waals surface area contributed by atoms with E-state index in [4.69, 9.17) is 16.3 Å². The van der Waals surface area contributed by atoms with Crippen molar-refractivity contribution in [3.05, 3.63) is 34.9 Å². The molecule has 0 radical (unpaired) electrons. The fourth-order valence-electron chi connectivity index (χ4n) is 1.83. The van der Waals surface area contributed by atoms with E-state index < -0.39 is 5.41 Å². The molecule has 1 fully saturated rings. The fourth-order valence-corrected chi connectivity index (χ4v) is 2.14. The minimum absolute atomic E-state index is 0.141. The molecule has 1 aromatic rings. The van der Waals surface area contributed by atoms with Crippen LogP contribution in [0.2, 0.25) is 5.02 Å². The number of carbonyl (C=O) groups is 1. The number of rotatable bonds is 3. The Morgan fingerprint density at radius 2 is 2.13 bits per heavy atom. The van der Waals surface area contributed by atoms with Crippen molar-refractivity contribution in [3.8, 4) is 0 Å². The van der Waals surface area contributed by atoms with Crippen molar-refractivity contribution in [2.45, 2.75) is 25.2 Å². The van der Waals surface area contributed by atoms with Crippen LogP contribution in [0.3, 0.4) is 0 Å². The molecule has 0 heterocycles. The Morgan fingerprint density at radius 3 is 2.67 bits per heavy atom. The van der Waals surface area contributed by atoms with E-state index in [-0.39, 0.29) is 5.97 Å². The van der Waals surface area contributed by atoms with E-state index >= 15 is 0 Å². The predicted octanol–water partition coefficient (Wildman–Crippen LogP) is 2.93. The molecule has 0 saturated heterocycles. The molecule has 1 aliphatic rings. The van der Waals surface area contributed by atoms with Crippen LogP contribution in [0, 0.1) is 0 Å². The largest absolute Gasteiger partial charge is 0.465 e. The topological polar surface area (TPSA) is 26.3 Å². The van der Waals surface area contributed by atoms with Gasteiger partial charge < -0.3 is 4.74 Å². The number of benzene rings is 1. The van der Waals surface area contributed by atoms with Gasteiger partial charge in [-0.15, -0.1) is 0 Å². The van der Waals surface area contributed by atoms with Crippen LogP contribution in [0.5, 0.6) is 0 Å². The van der Waals surface area contributed by atoms with Crippen LogP contribution in [-0.2, 0) is 14.9 Å². The normalized spacial score (nSPS) is 17.2. The number of esters is 1. The monoisotopic (exact) mass is 224 g/mol. The summed E-state index contributed by atoms with van der Waals surface area (Å²) < 4.78 is 5.08. The molecule has 0 unspecified atom stereocenters. The first-order valence-electron chi connectivity index (χ1n) is 5.13. The lowest BCUT2D eigenvalue weighted by molar-refractivity contribution is -0.146.